The lowest BCUT2D eigenvalue weighted by atomic mass is 10.3. The van der Waals surface area contributed by atoms with Crippen LogP contribution in [0, 0.1) is 3.57 Å². The second-order valence-electron chi connectivity index (χ2n) is 2.70. The number of rotatable bonds is 3. The molecule has 2 rings (SSSR count). The molecule has 0 radical (unpaired) electrons. The molecule has 0 spiro atoms. The second kappa shape index (κ2) is 4.45. The fourth-order valence-electron chi connectivity index (χ4n) is 1.03. The second-order valence-corrected chi connectivity index (χ2v) is 3.86. The van der Waals surface area contributed by atoms with Crippen LogP contribution in [0.25, 0.3) is 0 Å². The van der Waals surface area contributed by atoms with Crippen LogP contribution in [-0.4, -0.2) is 5.16 Å². The lowest BCUT2D eigenvalue weighted by molar-refractivity contribution is 0.248. The van der Waals surface area contributed by atoms with Gasteiger partial charge in [0.05, 0.1) is 9.77 Å². The van der Waals surface area contributed by atoms with Gasteiger partial charge in [-0.3, -0.25) is 0 Å². The highest BCUT2D eigenvalue weighted by atomic mass is 127. The van der Waals surface area contributed by atoms with E-state index in [-0.39, 0.29) is 0 Å². The summed E-state index contributed by atoms with van der Waals surface area (Å²) < 4.78 is 11.5. The average Bonchev–Trinajstić information content (AvgIpc) is 2.69. The Morgan fingerprint density at radius 3 is 2.86 bits per heavy atom. The molecule has 1 aromatic heterocycles. The average molecular weight is 301 g/mol. The van der Waals surface area contributed by atoms with Gasteiger partial charge in [0.25, 0.3) is 0 Å². The number of aromatic nitrogens is 1. The molecule has 0 aliphatic rings. The van der Waals surface area contributed by atoms with Gasteiger partial charge in [-0.25, -0.2) is 0 Å². The van der Waals surface area contributed by atoms with Gasteiger partial charge in [-0.15, -0.1) is 0 Å². The Hall–Kier alpha value is -1.04. The number of hydrogen-bond donors (Lipinski definition) is 0. The number of hydrogen-bond acceptors (Lipinski definition) is 3. The van der Waals surface area contributed by atoms with Crippen LogP contribution in [0.15, 0.2) is 41.1 Å². The Morgan fingerprint density at radius 2 is 2.14 bits per heavy atom. The van der Waals surface area contributed by atoms with Crippen molar-refractivity contribution in [3.8, 4) is 5.75 Å². The van der Waals surface area contributed by atoms with Gasteiger partial charge in [-0.2, -0.15) is 0 Å². The van der Waals surface area contributed by atoms with Crippen molar-refractivity contribution in [1.82, 2.24) is 5.16 Å². The van der Waals surface area contributed by atoms with Crippen LogP contribution in [0.5, 0.6) is 5.75 Å². The van der Waals surface area contributed by atoms with E-state index >= 15 is 0 Å². The smallest absolute Gasteiger partial charge is 0.174 e. The van der Waals surface area contributed by atoms with E-state index in [4.69, 9.17) is 9.26 Å². The highest BCUT2D eigenvalue weighted by Crippen LogP contribution is 2.20. The van der Waals surface area contributed by atoms with Crippen LogP contribution in [0.2, 0.25) is 0 Å². The number of nitrogens with zero attached hydrogens (tertiary/aromatic N) is 1. The molecule has 1 aromatic carbocycles. The molecule has 0 bridgehead atoms. The Labute approximate surface area is 95.2 Å². The topological polar surface area (TPSA) is 35.3 Å². The minimum Gasteiger partial charge on any atom is -0.484 e. The van der Waals surface area contributed by atoms with E-state index in [0.29, 0.717) is 6.61 Å². The summed E-state index contributed by atoms with van der Waals surface area (Å²) in [6, 6.07) is 9.63. The Bertz CT molecular complexity index is 400. The van der Waals surface area contributed by atoms with Gasteiger partial charge in [0.2, 0.25) is 0 Å². The van der Waals surface area contributed by atoms with E-state index in [9.17, 15) is 0 Å². The van der Waals surface area contributed by atoms with Gasteiger partial charge in [0.1, 0.15) is 12.4 Å². The first-order chi connectivity index (χ1) is 6.86. The van der Waals surface area contributed by atoms with Crippen LogP contribution >= 0.6 is 22.6 Å². The maximum atomic E-state index is 5.54. The van der Waals surface area contributed by atoms with E-state index in [0.717, 1.165) is 15.1 Å². The number of ether oxygens (including phenoxy) is 1. The summed E-state index contributed by atoms with van der Waals surface area (Å²) in [4.78, 5) is 0. The van der Waals surface area contributed by atoms with E-state index in [2.05, 4.69) is 27.7 Å². The molecule has 14 heavy (non-hydrogen) atoms. The Kier molecular flexibility index (Phi) is 3.03. The third-order valence-electron chi connectivity index (χ3n) is 1.70. The van der Waals surface area contributed by atoms with Crippen molar-refractivity contribution in [2.45, 2.75) is 6.61 Å². The van der Waals surface area contributed by atoms with Gasteiger partial charge in [-0.05, 0) is 34.7 Å². The summed E-state index contributed by atoms with van der Waals surface area (Å²) in [6.45, 7) is 0.417. The zero-order valence-corrected chi connectivity index (χ0v) is 9.47. The van der Waals surface area contributed by atoms with Crippen LogP contribution in [0.3, 0.4) is 0 Å². The van der Waals surface area contributed by atoms with Crippen LogP contribution in [-0.2, 0) is 6.61 Å². The van der Waals surface area contributed by atoms with Crippen molar-refractivity contribution in [2.75, 3.05) is 0 Å². The number of halogens is 1. The molecule has 0 aliphatic heterocycles. The summed E-state index contributed by atoms with van der Waals surface area (Å²) in [7, 11) is 0. The van der Waals surface area contributed by atoms with Gasteiger partial charge in [0, 0.05) is 6.07 Å². The summed E-state index contributed by atoms with van der Waals surface area (Å²) in [6.07, 6.45) is 1.61. The molecule has 0 aliphatic carbocycles. The number of benzene rings is 1. The summed E-state index contributed by atoms with van der Waals surface area (Å²) in [5, 5.41) is 3.60. The molecular weight excluding hydrogens is 293 g/mol. The Morgan fingerprint density at radius 1 is 1.29 bits per heavy atom. The van der Waals surface area contributed by atoms with Gasteiger partial charge >= 0.3 is 0 Å². The molecule has 0 N–H and O–H groups in total. The van der Waals surface area contributed by atoms with Gasteiger partial charge in [-0.1, -0.05) is 17.3 Å². The lowest BCUT2D eigenvalue weighted by Gasteiger charge is -2.04. The molecule has 0 amide bonds. The summed E-state index contributed by atoms with van der Waals surface area (Å²) in [5.74, 6) is 1.59. The zero-order valence-electron chi connectivity index (χ0n) is 7.31. The zero-order chi connectivity index (χ0) is 9.80. The highest BCUT2D eigenvalue weighted by molar-refractivity contribution is 14.1. The predicted molar refractivity (Wildman–Crippen MR) is 60.0 cm³/mol. The first-order valence-electron chi connectivity index (χ1n) is 4.13. The van der Waals surface area contributed by atoms with Crippen molar-refractivity contribution < 1.29 is 9.26 Å². The summed E-state index contributed by atoms with van der Waals surface area (Å²) >= 11 is 2.23. The predicted octanol–water partition coefficient (Wildman–Crippen LogP) is 2.86. The van der Waals surface area contributed by atoms with E-state index in [1.165, 1.54) is 0 Å². The first-order valence-corrected chi connectivity index (χ1v) is 5.21. The Balaban J connectivity index is 2.02. The monoisotopic (exact) mass is 301 g/mol. The minimum atomic E-state index is 0.417. The minimum absolute atomic E-state index is 0.417. The molecule has 4 heteroatoms. The fraction of sp³-hybridized carbons (Fsp3) is 0.100. The third-order valence-corrected chi connectivity index (χ3v) is 2.59. The largest absolute Gasteiger partial charge is 0.484 e. The van der Waals surface area contributed by atoms with Crippen molar-refractivity contribution in [2.24, 2.45) is 0 Å². The SMILES string of the molecule is Ic1ccccc1OCc1ccno1. The standard InChI is InChI=1S/C10H8INO2/c11-9-3-1-2-4-10(9)13-7-8-5-6-12-14-8/h1-6H,7H2. The number of para-hydroxylation sites is 1. The molecule has 0 atom stereocenters. The van der Waals surface area contributed by atoms with Crippen LogP contribution < -0.4 is 4.74 Å². The van der Waals surface area contributed by atoms with Crippen LogP contribution in [0.4, 0.5) is 0 Å². The molecule has 0 saturated carbocycles. The highest BCUT2D eigenvalue weighted by Gasteiger charge is 2.01. The van der Waals surface area contributed by atoms with Crippen molar-refractivity contribution in [3.05, 3.63) is 45.9 Å². The van der Waals surface area contributed by atoms with Gasteiger partial charge < -0.3 is 9.26 Å². The molecule has 1 heterocycles. The van der Waals surface area contributed by atoms with Crippen molar-refractivity contribution in [3.63, 3.8) is 0 Å². The third kappa shape index (κ3) is 2.25. The maximum Gasteiger partial charge on any atom is 0.174 e. The maximum absolute atomic E-state index is 5.54. The van der Waals surface area contributed by atoms with Gasteiger partial charge in [0.15, 0.2) is 5.76 Å². The summed E-state index contributed by atoms with van der Waals surface area (Å²) in [5.41, 5.74) is 0. The van der Waals surface area contributed by atoms with Crippen LogP contribution in [0.1, 0.15) is 5.76 Å². The molecule has 0 unspecified atom stereocenters. The van der Waals surface area contributed by atoms with E-state index in [1.54, 1.807) is 12.3 Å². The molecule has 0 saturated heterocycles. The quantitative estimate of drug-likeness (QED) is 0.818. The molecule has 2 aromatic rings. The normalized spacial score (nSPS) is 10.1. The van der Waals surface area contributed by atoms with Crippen molar-refractivity contribution in [1.29, 1.82) is 0 Å². The van der Waals surface area contributed by atoms with Crippen molar-refractivity contribution >= 4 is 22.6 Å². The van der Waals surface area contributed by atoms with E-state index in [1.807, 2.05) is 24.3 Å². The van der Waals surface area contributed by atoms with E-state index < -0.39 is 0 Å². The first kappa shape index (κ1) is 9.51. The molecular formula is C10H8INO2. The molecule has 0 fully saturated rings. The molecule has 3 nitrogen and oxygen atoms in total. The lowest BCUT2D eigenvalue weighted by Crippen LogP contribution is -1.95. The molecule has 72 valence electrons. The fourth-order valence-corrected chi connectivity index (χ4v) is 1.57.